The Kier molecular flexibility index (Phi) is 6.37. The zero-order valence-corrected chi connectivity index (χ0v) is 11.2. The van der Waals surface area contributed by atoms with Gasteiger partial charge in [0.1, 0.15) is 0 Å². The first-order valence-corrected chi connectivity index (χ1v) is 7.02. The molecule has 3 atom stereocenters. The lowest BCUT2D eigenvalue weighted by molar-refractivity contribution is 0.174. The average Bonchev–Trinajstić information content (AvgIpc) is 2.24. The third-order valence-electron chi connectivity index (χ3n) is 3.88. The maximum absolute atomic E-state index is 9.20. The summed E-state index contributed by atoms with van der Waals surface area (Å²) in [5.74, 6) is 1.66. The van der Waals surface area contributed by atoms with Crippen LogP contribution in [-0.2, 0) is 0 Å². The van der Waals surface area contributed by atoms with Crippen LogP contribution in [-0.4, -0.2) is 23.8 Å². The fraction of sp³-hybridized carbons (Fsp3) is 1.00. The Morgan fingerprint density at radius 3 is 2.50 bits per heavy atom. The lowest BCUT2D eigenvalue weighted by Gasteiger charge is -2.35. The molecule has 0 aromatic heterocycles. The van der Waals surface area contributed by atoms with Gasteiger partial charge >= 0.3 is 0 Å². The fourth-order valence-corrected chi connectivity index (χ4v) is 2.90. The summed E-state index contributed by atoms with van der Waals surface area (Å²) in [6.45, 7) is 7.64. The SMILES string of the molecule is CC(O)CCCNC1CCCCC1C(C)C. The van der Waals surface area contributed by atoms with Gasteiger partial charge in [0.05, 0.1) is 6.10 Å². The summed E-state index contributed by atoms with van der Waals surface area (Å²) < 4.78 is 0. The Morgan fingerprint density at radius 1 is 1.19 bits per heavy atom. The number of aliphatic hydroxyl groups excluding tert-OH is 1. The number of rotatable bonds is 6. The van der Waals surface area contributed by atoms with Crippen molar-refractivity contribution in [1.82, 2.24) is 5.32 Å². The van der Waals surface area contributed by atoms with Crippen molar-refractivity contribution >= 4 is 0 Å². The minimum Gasteiger partial charge on any atom is -0.393 e. The van der Waals surface area contributed by atoms with Crippen molar-refractivity contribution in [2.75, 3.05) is 6.54 Å². The molecular weight excluding hydrogens is 198 g/mol. The Bertz CT molecular complexity index is 180. The summed E-state index contributed by atoms with van der Waals surface area (Å²) in [6.07, 6.45) is 7.41. The molecule has 0 amide bonds. The van der Waals surface area contributed by atoms with Crippen molar-refractivity contribution in [1.29, 1.82) is 0 Å². The van der Waals surface area contributed by atoms with Gasteiger partial charge in [-0.05, 0) is 51.0 Å². The summed E-state index contributed by atoms with van der Waals surface area (Å²) in [5, 5.41) is 12.9. The number of hydrogen-bond donors (Lipinski definition) is 2. The highest BCUT2D eigenvalue weighted by atomic mass is 16.3. The quantitative estimate of drug-likeness (QED) is 0.684. The lowest BCUT2D eigenvalue weighted by Crippen LogP contribution is -2.41. The Balaban J connectivity index is 2.22. The van der Waals surface area contributed by atoms with Crippen LogP contribution in [0.2, 0.25) is 0 Å². The molecule has 0 heterocycles. The van der Waals surface area contributed by atoms with E-state index in [1.807, 2.05) is 6.92 Å². The molecule has 0 saturated heterocycles. The number of aliphatic hydroxyl groups is 1. The molecule has 1 fully saturated rings. The molecule has 0 aromatic rings. The van der Waals surface area contributed by atoms with Crippen LogP contribution in [0, 0.1) is 11.8 Å². The molecule has 0 bridgehead atoms. The van der Waals surface area contributed by atoms with Crippen LogP contribution in [0.25, 0.3) is 0 Å². The Hall–Kier alpha value is -0.0800. The third-order valence-corrected chi connectivity index (χ3v) is 3.88. The summed E-state index contributed by atoms with van der Waals surface area (Å²) in [4.78, 5) is 0. The van der Waals surface area contributed by atoms with Crippen LogP contribution in [0.4, 0.5) is 0 Å². The second kappa shape index (κ2) is 7.29. The van der Waals surface area contributed by atoms with E-state index in [0.29, 0.717) is 0 Å². The predicted molar refractivity (Wildman–Crippen MR) is 69.5 cm³/mol. The van der Waals surface area contributed by atoms with E-state index in [1.165, 1.54) is 25.7 Å². The second-order valence-corrected chi connectivity index (χ2v) is 5.74. The first-order valence-electron chi connectivity index (χ1n) is 7.02. The zero-order valence-electron chi connectivity index (χ0n) is 11.2. The van der Waals surface area contributed by atoms with Crippen LogP contribution >= 0.6 is 0 Å². The molecule has 2 N–H and O–H groups in total. The topological polar surface area (TPSA) is 32.3 Å². The predicted octanol–water partition coefficient (Wildman–Crippen LogP) is 2.95. The molecule has 0 spiro atoms. The molecule has 0 radical (unpaired) electrons. The van der Waals surface area contributed by atoms with E-state index in [2.05, 4.69) is 19.2 Å². The zero-order chi connectivity index (χ0) is 12.0. The summed E-state index contributed by atoms with van der Waals surface area (Å²) >= 11 is 0. The molecule has 1 aliphatic carbocycles. The molecule has 96 valence electrons. The van der Waals surface area contributed by atoms with E-state index in [-0.39, 0.29) is 6.10 Å². The Labute approximate surface area is 101 Å². The van der Waals surface area contributed by atoms with Crippen molar-refractivity contribution in [3.05, 3.63) is 0 Å². The van der Waals surface area contributed by atoms with E-state index in [0.717, 1.165) is 37.3 Å². The minimum atomic E-state index is -0.144. The first kappa shape index (κ1) is 14.0. The molecule has 1 saturated carbocycles. The summed E-state index contributed by atoms with van der Waals surface area (Å²) in [6, 6.07) is 0.725. The molecular formula is C14H29NO. The normalized spacial score (nSPS) is 28.3. The monoisotopic (exact) mass is 227 g/mol. The smallest absolute Gasteiger partial charge is 0.0512 e. The van der Waals surface area contributed by atoms with E-state index in [4.69, 9.17) is 0 Å². The fourth-order valence-electron chi connectivity index (χ4n) is 2.90. The van der Waals surface area contributed by atoms with Crippen LogP contribution in [0.5, 0.6) is 0 Å². The Morgan fingerprint density at radius 2 is 1.88 bits per heavy atom. The summed E-state index contributed by atoms with van der Waals surface area (Å²) in [7, 11) is 0. The molecule has 1 rings (SSSR count). The lowest BCUT2D eigenvalue weighted by atomic mass is 9.78. The van der Waals surface area contributed by atoms with Crippen LogP contribution < -0.4 is 5.32 Å². The first-order chi connectivity index (χ1) is 7.61. The average molecular weight is 227 g/mol. The highest BCUT2D eigenvalue weighted by molar-refractivity contribution is 4.82. The molecule has 0 aliphatic heterocycles. The maximum atomic E-state index is 9.20. The van der Waals surface area contributed by atoms with Gasteiger partial charge in [0.2, 0.25) is 0 Å². The second-order valence-electron chi connectivity index (χ2n) is 5.74. The van der Waals surface area contributed by atoms with Gasteiger partial charge in [-0.2, -0.15) is 0 Å². The van der Waals surface area contributed by atoms with Crippen LogP contribution in [0.1, 0.15) is 59.3 Å². The minimum absolute atomic E-state index is 0.144. The molecule has 3 unspecified atom stereocenters. The number of nitrogens with one attached hydrogen (secondary N) is 1. The molecule has 1 aliphatic rings. The van der Waals surface area contributed by atoms with Crippen molar-refractivity contribution in [2.45, 2.75) is 71.4 Å². The van der Waals surface area contributed by atoms with Gasteiger partial charge in [-0.1, -0.05) is 26.7 Å². The van der Waals surface area contributed by atoms with Crippen molar-refractivity contribution < 1.29 is 5.11 Å². The highest BCUT2D eigenvalue weighted by Crippen LogP contribution is 2.30. The van der Waals surface area contributed by atoms with Crippen molar-refractivity contribution in [3.63, 3.8) is 0 Å². The van der Waals surface area contributed by atoms with E-state index in [1.54, 1.807) is 0 Å². The van der Waals surface area contributed by atoms with Gasteiger partial charge in [0.25, 0.3) is 0 Å². The molecule has 0 aromatic carbocycles. The van der Waals surface area contributed by atoms with Gasteiger partial charge in [-0.15, -0.1) is 0 Å². The molecule has 2 nitrogen and oxygen atoms in total. The molecule has 2 heteroatoms. The van der Waals surface area contributed by atoms with E-state index >= 15 is 0 Å². The van der Waals surface area contributed by atoms with Gasteiger partial charge < -0.3 is 10.4 Å². The standard InChI is InChI=1S/C14H29NO/c1-11(2)13-8-4-5-9-14(13)15-10-6-7-12(3)16/h11-16H,4-10H2,1-3H3. The third kappa shape index (κ3) is 4.84. The van der Waals surface area contributed by atoms with Gasteiger partial charge in [0.15, 0.2) is 0 Å². The van der Waals surface area contributed by atoms with Crippen LogP contribution in [0.15, 0.2) is 0 Å². The van der Waals surface area contributed by atoms with Gasteiger partial charge in [-0.3, -0.25) is 0 Å². The molecule has 16 heavy (non-hydrogen) atoms. The largest absolute Gasteiger partial charge is 0.393 e. The maximum Gasteiger partial charge on any atom is 0.0512 e. The number of hydrogen-bond acceptors (Lipinski definition) is 2. The van der Waals surface area contributed by atoms with Crippen molar-refractivity contribution in [2.24, 2.45) is 11.8 Å². The van der Waals surface area contributed by atoms with E-state index in [9.17, 15) is 5.11 Å². The van der Waals surface area contributed by atoms with Gasteiger partial charge in [0, 0.05) is 6.04 Å². The van der Waals surface area contributed by atoms with Gasteiger partial charge in [-0.25, -0.2) is 0 Å². The van der Waals surface area contributed by atoms with Crippen LogP contribution in [0.3, 0.4) is 0 Å². The van der Waals surface area contributed by atoms with E-state index < -0.39 is 0 Å². The van der Waals surface area contributed by atoms with Crippen molar-refractivity contribution in [3.8, 4) is 0 Å². The summed E-state index contributed by atoms with van der Waals surface area (Å²) in [5.41, 5.74) is 0. The highest BCUT2D eigenvalue weighted by Gasteiger charge is 2.26.